The Morgan fingerprint density at radius 3 is 2.51 bits per heavy atom. The van der Waals surface area contributed by atoms with Gasteiger partial charge in [0.2, 0.25) is 0 Å². The molecule has 5 rings (SSSR count). The van der Waals surface area contributed by atoms with Gasteiger partial charge in [0.1, 0.15) is 17.7 Å². The maximum Gasteiger partial charge on any atom is 0.199 e. The highest BCUT2D eigenvalue weighted by molar-refractivity contribution is 6.30. The first-order valence-corrected chi connectivity index (χ1v) is 12.1. The van der Waals surface area contributed by atoms with Crippen LogP contribution in [0.15, 0.2) is 47.1 Å². The van der Waals surface area contributed by atoms with Gasteiger partial charge < -0.3 is 23.9 Å². The molecule has 1 aliphatic rings. The molecule has 0 bridgehead atoms. The Balaban J connectivity index is 0.00000160. The van der Waals surface area contributed by atoms with Crippen molar-refractivity contribution in [1.29, 1.82) is 0 Å². The molecule has 7 nitrogen and oxygen atoms in total. The molecule has 11 heteroatoms. The third-order valence-corrected chi connectivity index (χ3v) is 6.30. The smallest absolute Gasteiger partial charge is 0.199 e. The van der Waals surface area contributed by atoms with Gasteiger partial charge in [-0.25, -0.2) is 9.97 Å². The average molecular weight is 589 g/mol. The topological polar surface area (TPSA) is 70.4 Å². The van der Waals surface area contributed by atoms with Crippen molar-refractivity contribution < 1.29 is 9.15 Å². The maximum absolute atomic E-state index is 6.24. The van der Waals surface area contributed by atoms with Crippen LogP contribution >= 0.6 is 48.8 Å². The number of hydrogen-bond donors (Lipinski definition) is 1. The van der Waals surface area contributed by atoms with Crippen molar-refractivity contribution >= 4 is 65.5 Å². The molecule has 202 valence electrons. The second kappa shape index (κ2) is 13.6. The molecule has 0 saturated carbocycles. The van der Waals surface area contributed by atoms with Gasteiger partial charge in [0.05, 0.1) is 24.1 Å². The molecule has 1 saturated heterocycles. The lowest BCUT2D eigenvalue weighted by atomic mass is 10.1. The van der Waals surface area contributed by atoms with Gasteiger partial charge in [-0.05, 0) is 49.4 Å². The monoisotopic (exact) mass is 587 g/mol. The second-order valence-electron chi connectivity index (χ2n) is 9.34. The van der Waals surface area contributed by atoms with E-state index in [0.29, 0.717) is 41.4 Å². The minimum atomic E-state index is 0. The number of aromatic amines is 1. The number of imidazole rings is 1. The summed E-state index contributed by atoms with van der Waals surface area (Å²) < 4.78 is 11.8. The number of fused-ring (bicyclic) bond motifs is 1. The van der Waals surface area contributed by atoms with Gasteiger partial charge in [-0.3, -0.25) is 0 Å². The molecule has 37 heavy (non-hydrogen) atoms. The molecule has 0 atom stereocenters. The number of nitrogens with zero attached hydrogens (tertiary/aromatic N) is 4. The highest BCUT2D eigenvalue weighted by atomic mass is 35.5. The fraction of sp³-hybridized carbons (Fsp3) is 0.385. The van der Waals surface area contributed by atoms with Crippen LogP contribution in [0.2, 0.25) is 5.02 Å². The zero-order chi connectivity index (χ0) is 23.7. The van der Waals surface area contributed by atoms with E-state index >= 15 is 0 Å². The number of H-pyrrole nitrogens is 1. The standard InChI is InChI=1S/C26H30ClN5O2.3ClH/c1-17(2)15-33-24-7-4-19(27)12-18(24)13-25-28-23(16-34-25)26-29-21-6-5-20(14-22(21)30-26)32-10-8-31(3)9-11-32;;;/h4-7,12,14,16-17H,8-11,13,15H2,1-3H3,(H,29,30);3*1H. The van der Waals surface area contributed by atoms with Gasteiger partial charge in [-0.15, -0.1) is 37.2 Å². The molecule has 4 aromatic rings. The molecule has 2 aromatic carbocycles. The lowest BCUT2D eigenvalue weighted by Gasteiger charge is -2.34. The number of benzene rings is 2. The van der Waals surface area contributed by atoms with E-state index in [1.165, 1.54) is 5.69 Å². The van der Waals surface area contributed by atoms with Crippen molar-refractivity contribution in [3.8, 4) is 17.3 Å². The van der Waals surface area contributed by atoms with Crippen molar-refractivity contribution in [3.05, 3.63) is 59.1 Å². The lowest BCUT2D eigenvalue weighted by Crippen LogP contribution is -2.44. The molecule has 1 aliphatic heterocycles. The van der Waals surface area contributed by atoms with Crippen molar-refractivity contribution in [2.75, 3.05) is 44.7 Å². The molecular weight excluding hydrogens is 556 g/mol. The SMILES string of the molecule is CC(C)COc1ccc(Cl)cc1Cc1nc(-c2nc3ccc(N4CCN(C)CC4)cc3[nH]2)co1.Cl.Cl.Cl. The highest BCUT2D eigenvalue weighted by Crippen LogP contribution is 2.28. The van der Waals surface area contributed by atoms with Gasteiger partial charge in [0, 0.05) is 42.5 Å². The summed E-state index contributed by atoms with van der Waals surface area (Å²) in [6.45, 7) is 9.09. The molecule has 0 radical (unpaired) electrons. The fourth-order valence-electron chi connectivity index (χ4n) is 4.13. The van der Waals surface area contributed by atoms with E-state index in [1.54, 1.807) is 6.26 Å². The van der Waals surface area contributed by atoms with Crippen molar-refractivity contribution in [2.24, 2.45) is 5.92 Å². The van der Waals surface area contributed by atoms with Crippen LogP contribution in [-0.4, -0.2) is 59.7 Å². The molecule has 0 aliphatic carbocycles. The van der Waals surface area contributed by atoms with Crippen molar-refractivity contribution in [1.82, 2.24) is 19.9 Å². The third-order valence-electron chi connectivity index (χ3n) is 6.06. The van der Waals surface area contributed by atoms with E-state index < -0.39 is 0 Å². The average Bonchev–Trinajstić information content (AvgIpc) is 3.45. The van der Waals surface area contributed by atoms with Crippen LogP contribution in [0.1, 0.15) is 25.3 Å². The van der Waals surface area contributed by atoms with Crippen LogP contribution in [0.25, 0.3) is 22.6 Å². The molecule has 1 N–H and O–H groups in total. The van der Waals surface area contributed by atoms with E-state index in [-0.39, 0.29) is 37.2 Å². The summed E-state index contributed by atoms with van der Waals surface area (Å²) in [7, 11) is 2.17. The molecule has 1 fully saturated rings. The number of hydrogen-bond acceptors (Lipinski definition) is 6. The van der Waals surface area contributed by atoms with E-state index in [2.05, 4.69) is 58.9 Å². The maximum atomic E-state index is 6.24. The number of ether oxygens (including phenoxy) is 1. The zero-order valence-electron chi connectivity index (χ0n) is 21.1. The minimum absolute atomic E-state index is 0. The van der Waals surface area contributed by atoms with Crippen LogP contribution in [-0.2, 0) is 6.42 Å². The zero-order valence-corrected chi connectivity index (χ0v) is 24.3. The van der Waals surface area contributed by atoms with Crippen LogP contribution in [0.4, 0.5) is 5.69 Å². The Hall–Kier alpha value is -2.16. The van der Waals surface area contributed by atoms with E-state index in [9.17, 15) is 0 Å². The van der Waals surface area contributed by atoms with Crippen LogP contribution in [0.5, 0.6) is 5.75 Å². The molecule has 0 spiro atoms. The fourth-order valence-corrected chi connectivity index (χ4v) is 4.32. The number of aromatic nitrogens is 3. The van der Waals surface area contributed by atoms with Crippen LogP contribution in [0.3, 0.4) is 0 Å². The lowest BCUT2D eigenvalue weighted by molar-refractivity contribution is 0.268. The van der Waals surface area contributed by atoms with E-state index in [0.717, 1.165) is 48.5 Å². The normalized spacial score (nSPS) is 13.7. The van der Waals surface area contributed by atoms with Gasteiger partial charge in [0.15, 0.2) is 11.7 Å². The minimum Gasteiger partial charge on any atom is -0.493 e. The number of rotatable bonds is 7. The summed E-state index contributed by atoms with van der Waals surface area (Å²) in [6.07, 6.45) is 2.13. The molecule has 3 heterocycles. The number of likely N-dealkylation sites (N-methyl/N-ethyl adjacent to an activating group) is 1. The number of halogens is 4. The number of nitrogens with one attached hydrogen (secondary N) is 1. The predicted molar refractivity (Wildman–Crippen MR) is 158 cm³/mol. The van der Waals surface area contributed by atoms with Crippen LogP contribution in [0, 0.1) is 5.92 Å². The quantitative estimate of drug-likeness (QED) is 0.265. The largest absolute Gasteiger partial charge is 0.493 e. The predicted octanol–water partition coefficient (Wildman–Crippen LogP) is 6.51. The Morgan fingerprint density at radius 2 is 1.78 bits per heavy atom. The summed E-state index contributed by atoms with van der Waals surface area (Å²) >= 11 is 6.24. The molecule has 0 amide bonds. The molecular formula is C26H33Cl4N5O2. The first-order valence-electron chi connectivity index (χ1n) is 11.7. The molecule has 2 aromatic heterocycles. The third kappa shape index (κ3) is 7.45. The first-order chi connectivity index (χ1) is 16.4. The second-order valence-corrected chi connectivity index (χ2v) is 9.77. The Labute approximate surface area is 241 Å². The Kier molecular flexibility index (Phi) is 11.4. The highest BCUT2D eigenvalue weighted by Gasteiger charge is 2.17. The molecule has 0 unspecified atom stereocenters. The van der Waals surface area contributed by atoms with Crippen molar-refractivity contribution in [3.63, 3.8) is 0 Å². The van der Waals surface area contributed by atoms with E-state index in [4.69, 9.17) is 25.7 Å². The van der Waals surface area contributed by atoms with Crippen LogP contribution < -0.4 is 9.64 Å². The van der Waals surface area contributed by atoms with E-state index in [1.807, 2.05) is 18.2 Å². The number of oxazole rings is 1. The summed E-state index contributed by atoms with van der Waals surface area (Å²) in [6, 6.07) is 12.0. The summed E-state index contributed by atoms with van der Waals surface area (Å²) in [5.74, 6) is 2.52. The summed E-state index contributed by atoms with van der Waals surface area (Å²) in [5, 5.41) is 0.659. The Bertz CT molecular complexity index is 1290. The first kappa shape index (κ1) is 31.1. The van der Waals surface area contributed by atoms with Crippen molar-refractivity contribution in [2.45, 2.75) is 20.3 Å². The Morgan fingerprint density at radius 1 is 1.03 bits per heavy atom. The van der Waals surface area contributed by atoms with Gasteiger partial charge in [0.25, 0.3) is 0 Å². The summed E-state index contributed by atoms with van der Waals surface area (Å²) in [4.78, 5) is 17.6. The van der Waals surface area contributed by atoms with Gasteiger partial charge >= 0.3 is 0 Å². The number of piperazine rings is 1. The summed E-state index contributed by atoms with van der Waals surface area (Å²) in [5.41, 5.74) is 4.75. The number of anilines is 1. The van der Waals surface area contributed by atoms with Gasteiger partial charge in [-0.2, -0.15) is 0 Å². The van der Waals surface area contributed by atoms with Gasteiger partial charge in [-0.1, -0.05) is 25.4 Å².